The number of amides is 3. The minimum atomic E-state index is -0.531. The number of anilines is 1. The summed E-state index contributed by atoms with van der Waals surface area (Å²) >= 11 is 0.885. The van der Waals surface area contributed by atoms with E-state index in [1.807, 2.05) is 12.1 Å². The number of halogens is 1. The molecule has 1 atom stereocenters. The number of nitrogens with zero attached hydrogens (tertiary/aromatic N) is 3. The third-order valence-corrected chi connectivity index (χ3v) is 6.79. The van der Waals surface area contributed by atoms with Crippen molar-refractivity contribution in [3.05, 3.63) is 75.5 Å². The quantitative estimate of drug-likeness (QED) is 0.521. The van der Waals surface area contributed by atoms with Crippen molar-refractivity contribution in [2.75, 3.05) is 18.4 Å². The van der Waals surface area contributed by atoms with Gasteiger partial charge in [-0.1, -0.05) is 42.5 Å². The Balaban J connectivity index is 1.32. The van der Waals surface area contributed by atoms with E-state index in [4.69, 9.17) is 0 Å². The molecule has 1 aliphatic rings. The van der Waals surface area contributed by atoms with Crippen LogP contribution in [-0.2, 0) is 17.8 Å². The second kappa shape index (κ2) is 11.2. The Morgan fingerprint density at radius 1 is 1.03 bits per heavy atom. The smallest absolute Gasteiger partial charge is 0.286 e. The van der Waals surface area contributed by atoms with Gasteiger partial charge in [-0.25, -0.2) is 4.39 Å². The third-order valence-electron chi connectivity index (χ3n) is 5.88. The van der Waals surface area contributed by atoms with Crippen LogP contribution in [0.2, 0.25) is 0 Å². The first kappa shape index (κ1) is 24.5. The molecule has 0 radical (unpaired) electrons. The molecule has 4 rings (SSSR count). The Labute approximate surface area is 206 Å². The second-order valence-electron chi connectivity index (χ2n) is 8.35. The Kier molecular flexibility index (Phi) is 7.81. The highest BCUT2D eigenvalue weighted by Crippen LogP contribution is 2.21. The molecular weight excluding hydrogens is 469 g/mol. The van der Waals surface area contributed by atoms with Crippen molar-refractivity contribution < 1.29 is 18.8 Å². The molecule has 2 N–H and O–H groups in total. The van der Waals surface area contributed by atoms with Gasteiger partial charge < -0.3 is 15.5 Å². The average molecular weight is 496 g/mol. The van der Waals surface area contributed by atoms with Gasteiger partial charge in [-0.3, -0.25) is 14.4 Å². The van der Waals surface area contributed by atoms with Gasteiger partial charge >= 0.3 is 0 Å². The summed E-state index contributed by atoms with van der Waals surface area (Å²) in [7, 11) is 0. The average Bonchev–Trinajstić information content (AvgIpc) is 3.39. The molecule has 1 aliphatic heterocycles. The summed E-state index contributed by atoms with van der Waals surface area (Å²) in [5.41, 5.74) is 2.68. The van der Waals surface area contributed by atoms with E-state index in [9.17, 15) is 18.8 Å². The fraction of sp³-hybridized carbons (Fsp3) is 0.320. The second-order valence-corrected chi connectivity index (χ2v) is 9.33. The lowest BCUT2D eigenvalue weighted by atomic mass is 9.97. The number of aromatic nitrogens is 2. The molecule has 2 aromatic carbocycles. The van der Waals surface area contributed by atoms with Crippen LogP contribution in [0.5, 0.6) is 0 Å². The number of carbonyl (C=O) groups excluding carboxylic acids is 3. The SMILES string of the molecule is CCc1ccc(CNC(=O)C2CCCN(C(=O)c3nnc(C(=O)Nc4ccc(F)cc4)s3)C2)cc1. The van der Waals surface area contributed by atoms with Crippen molar-refractivity contribution in [1.82, 2.24) is 20.4 Å². The molecule has 1 saturated heterocycles. The molecule has 0 bridgehead atoms. The molecule has 10 heteroatoms. The summed E-state index contributed by atoms with van der Waals surface area (Å²) in [5.74, 6) is -1.69. The van der Waals surface area contributed by atoms with E-state index in [1.165, 1.54) is 29.8 Å². The zero-order chi connectivity index (χ0) is 24.8. The summed E-state index contributed by atoms with van der Waals surface area (Å²) in [6, 6.07) is 13.5. The fourth-order valence-corrected chi connectivity index (χ4v) is 4.56. The van der Waals surface area contributed by atoms with Gasteiger partial charge in [0.05, 0.1) is 5.92 Å². The van der Waals surface area contributed by atoms with Crippen LogP contribution < -0.4 is 10.6 Å². The molecule has 1 unspecified atom stereocenters. The van der Waals surface area contributed by atoms with E-state index in [2.05, 4.69) is 39.9 Å². The topological polar surface area (TPSA) is 104 Å². The highest BCUT2D eigenvalue weighted by molar-refractivity contribution is 7.15. The molecule has 35 heavy (non-hydrogen) atoms. The number of hydrogen-bond acceptors (Lipinski definition) is 6. The number of aryl methyl sites for hydroxylation is 1. The minimum Gasteiger partial charge on any atom is -0.352 e. The number of rotatable bonds is 7. The molecule has 1 aromatic heterocycles. The van der Waals surface area contributed by atoms with E-state index in [0.717, 1.165) is 23.3 Å². The van der Waals surface area contributed by atoms with E-state index in [1.54, 1.807) is 4.90 Å². The number of benzene rings is 2. The highest BCUT2D eigenvalue weighted by atomic mass is 32.1. The van der Waals surface area contributed by atoms with Gasteiger partial charge in [0, 0.05) is 25.3 Å². The minimum absolute atomic E-state index is 0.0260. The predicted octanol–water partition coefficient (Wildman–Crippen LogP) is 3.66. The maximum atomic E-state index is 13.0. The summed E-state index contributed by atoms with van der Waals surface area (Å²) in [4.78, 5) is 39.7. The van der Waals surface area contributed by atoms with Crippen molar-refractivity contribution in [2.24, 2.45) is 5.92 Å². The first-order chi connectivity index (χ1) is 16.9. The van der Waals surface area contributed by atoms with Crippen LogP contribution in [-0.4, -0.2) is 45.9 Å². The van der Waals surface area contributed by atoms with E-state index < -0.39 is 11.7 Å². The van der Waals surface area contributed by atoms with Crippen molar-refractivity contribution in [1.29, 1.82) is 0 Å². The van der Waals surface area contributed by atoms with E-state index >= 15 is 0 Å². The molecule has 182 valence electrons. The predicted molar refractivity (Wildman–Crippen MR) is 131 cm³/mol. The summed E-state index contributed by atoms with van der Waals surface area (Å²) in [6.45, 7) is 3.34. The third kappa shape index (κ3) is 6.27. The lowest BCUT2D eigenvalue weighted by Gasteiger charge is -2.31. The molecule has 0 saturated carbocycles. The zero-order valence-electron chi connectivity index (χ0n) is 19.3. The molecule has 1 fully saturated rings. The largest absolute Gasteiger partial charge is 0.352 e. The van der Waals surface area contributed by atoms with Crippen LogP contribution in [0.15, 0.2) is 48.5 Å². The van der Waals surface area contributed by atoms with Crippen LogP contribution in [0.4, 0.5) is 10.1 Å². The molecule has 0 spiro atoms. The number of hydrogen-bond donors (Lipinski definition) is 2. The van der Waals surface area contributed by atoms with Crippen molar-refractivity contribution in [3.63, 3.8) is 0 Å². The van der Waals surface area contributed by atoms with Gasteiger partial charge in [0.15, 0.2) is 0 Å². The number of likely N-dealkylation sites (tertiary alicyclic amines) is 1. The van der Waals surface area contributed by atoms with Crippen molar-refractivity contribution in [3.8, 4) is 0 Å². The lowest BCUT2D eigenvalue weighted by molar-refractivity contribution is -0.126. The van der Waals surface area contributed by atoms with Crippen LogP contribution in [0.25, 0.3) is 0 Å². The normalized spacial score (nSPS) is 15.5. The Morgan fingerprint density at radius 2 is 1.71 bits per heavy atom. The van der Waals surface area contributed by atoms with Crippen LogP contribution in [0, 0.1) is 11.7 Å². The van der Waals surface area contributed by atoms with Crippen LogP contribution in [0.1, 0.15) is 50.5 Å². The van der Waals surface area contributed by atoms with Gasteiger partial charge in [-0.15, -0.1) is 10.2 Å². The van der Waals surface area contributed by atoms with Crippen LogP contribution >= 0.6 is 11.3 Å². The lowest BCUT2D eigenvalue weighted by Crippen LogP contribution is -2.45. The zero-order valence-corrected chi connectivity index (χ0v) is 20.1. The Bertz CT molecular complexity index is 1200. The number of nitrogens with one attached hydrogen (secondary N) is 2. The molecule has 8 nitrogen and oxygen atoms in total. The van der Waals surface area contributed by atoms with E-state index in [0.29, 0.717) is 31.6 Å². The first-order valence-corrected chi connectivity index (χ1v) is 12.3. The molecule has 0 aliphatic carbocycles. The maximum absolute atomic E-state index is 13.0. The number of carbonyl (C=O) groups is 3. The Morgan fingerprint density at radius 3 is 2.43 bits per heavy atom. The van der Waals surface area contributed by atoms with Crippen molar-refractivity contribution >= 4 is 34.7 Å². The van der Waals surface area contributed by atoms with Gasteiger partial charge in [0.2, 0.25) is 15.9 Å². The van der Waals surface area contributed by atoms with Crippen LogP contribution in [0.3, 0.4) is 0 Å². The fourth-order valence-electron chi connectivity index (χ4n) is 3.86. The highest BCUT2D eigenvalue weighted by Gasteiger charge is 2.30. The standard InChI is InChI=1S/C25H26FN5O3S/c1-2-16-5-7-17(8-6-16)14-27-21(32)18-4-3-13-31(15-18)25(34)24-30-29-23(35-24)22(33)28-20-11-9-19(26)10-12-20/h5-12,18H,2-4,13-15H2,1H3,(H,27,32)(H,28,33). The summed E-state index contributed by atoms with van der Waals surface area (Å²) in [6.07, 6.45) is 2.37. The van der Waals surface area contributed by atoms with Crippen molar-refractivity contribution in [2.45, 2.75) is 32.7 Å². The number of piperidine rings is 1. The molecule has 2 heterocycles. The summed E-state index contributed by atoms with van der Waals surface area (Å²) in [5, 5.41) is 13.4. The Hall–Kier alpha value is -3.66. The first-order valence-electron chi connectivity index (χ1n) is 11.5. The van der Waals surface area contributed by atoms with Gasteiger partial charge in [0.1, 0.15) is 5.82 Å². The van der Waals surface area contributed by atoms with Gasteiger partial charge in [-0.2, -0.15) is 0 Å². The molecular formula is C25H26FN5O3S. The molecule has 3 aromatic rings. The van der Waals surface area contributed by atoms with Gasteiger partial charge in [-0.05, 0) is 54.7 Å². The van der Waals surface area contributed by atoms with E-state index in [-0.39, 0.29) is 34.3 Å². The summed E-state index contributed by atoms with van der Waals surface area (Å²) < 4.78 is 13.0. The van der Waals surface area contributed by atoms with Gasteiger partial charge in [0.25, 0.3) is 11.8 Å². The molecule has 3 amide bonds. The monoisotopic (exact) mass is 495 g/mol. The maximum Gasteiger partial charge on any atom is 0.286 e.